The maximum atomic E-state index is 13.5. The Bertz CT molecular complexity index is 970. The predicted octanol–water partition coefficient (Wildman–Crippen LogP) is 5.51. The molecule has 8 heteroatoms. The van der Waals surface area contributed by atoms with E-state index in [4.69, 9.17) is 10.5 Å². The van der Waals surface area contributed by atoms with Crippen LogP contribution >= 0.6 is 0 Å². The number of benzene rings is 2. The number of amides is 1. The molecule has 0 bridgehead atoms. The first-order valence-electron chi connectivity index (χ1n) is 11.6. The van der Waals surface area contributed by atoms with E-state index >= 15 is 0 Å². The van der Waals surface area contributed by atoms with Gasteiger partial charge >= 0.3 is 6.09 Å². The zero-order valence-corrected chi connectivity index (χ0v) is 19.0. The van der Waals surface area contributed by atoms with E-state index in [9.17, 15) is 13.6 Å². The number of nitrogen functional groups attached to an aromatic ring is 1. The Balaban J connectivity index is 1.39. The van der Waals surface area contributed by atoms with Gasteiger partial charge in [0.05, 0.1) is 17.4 Å². The Labute approximate surface area is 193 Å². The smallest absolute Gasteiger partial charge is 0.411 e. The molecule has 33 heavy (non-hydrogen) atoms. The van der Waals surface area contributed by atoms with Crippen molar-refractivity contribution in [3.8, 4) is 0 Å². The molecule has 1 aliphatic heterocycles. The Morgan fingerprint density at radius 1 is 1.15 bits per heavy atom. The summed E-state index contributed by atoms with van der Waals surface area (Å²) in [6, 6.07) is 10.0. The van der Waals surface area contributed by atoms with Crippen molar-refractivity contribution in [1.29, 1.82) is 0 Å². The predicted molar refractivity (Wildman–Crippen MR) is 127 cm³/mol. The minimum Gasteiger partial charge on any atom is -0.448 e. The summed E-state index contributed by atoms with van der Waals surface area (Å²) in [6.07, 6.45) is 4.56. The topological polar surface area (TPSA) is 79.6 Å². The number of anilines is 3. The fourth-order valence-electron chi connectivity index (χ4n) is 4.66. The van der Waals surface area contributed by atoms with Gasteiger partial charge in [0.2, 0.25) is 0 Å². The first kappa shape index (κ1) is 23.3. The molecule has 4 N–H and O–H groups in total. The third-order valence-corrected chi connectivity index (χ3v) is 6.50. The maximum Gasteiger partial charge on any atom is 0.411 e. The highest BCUT2D eigenvalue weighted by molar-refractivity contribution is 5.90. The van der Waals surface area contributed by atoms with Crippen LogP contribution in [0.4, 0.5) is 30.6 Å². The van der Waals surface area contributed by atoms with Crippen LogP contribution in [0.25, 0.3) is 0 Å². The third-order valence-electron chi connectivity index (χ3n) is 6.50. The Morgan fingerprint density at radius 2 is 1.88 bits per heavy atom. The Kier molecular flexibility index (Phi) is 7.02. The van der Waals surface area contributed by atoms with Crippen LogP contribution in [-0.4, -0.2) is 37.2 Å². The Morgan fingerprint density at radius 3 is 2.58 bits per heavy atom. The average molecular weight is 459 g/mol. The van der Waals surface area contributed by atoms with Gasteiger partial charge in [-0.3, -0.25) is 10.2 Å². The summed E-state index contributed by atoms with van der Waals surface area (Å²) in [5, 5.41) is 6.22. The largest absolute Gasteiger partial charge is 0.448 e. The van der Waals surface area contributed by atoms with Gasteiger partial charge in [0.1, 0.15) is 6.61 Å². The van der Waals surface area contributed by atoms with Gasteiger partial charge in [-0.25, -0.2) is 13.6 Å². The monoisotopic (exact) mass is 458 g/mol. The lowest BCUT2D eigenvalue weighted by Crippen LogP contribution is -2.26. The van der Waals surface area contributed by atoms with E-state index in [1.807, 2.05) is 6.07 Å². The summed E-state index contributed by atoms with van der Waals surface area (Å²) in [6.45, 7) is 4.12. The van der Waals surface area contributed by atoms with E-state index in [1.54, 1.807) is 18.2 Å². The average Bonchev–Trinajstić information content (AvgIpc) is 3.29. The van der Waals surface area contributed by atoms with Crippen LogP contribution in [0.1, 0.15) is 55.3 Å². The van der Waals surface area contributed by atoms with Crippen LogP contribution < -0.4 is 16.4 Å². The highest BCUT2D eigenvalue weighted by Gasteiger charge is 2.26. The number of halogens is 2. The number of nitrogens with two attached hydrogens (primary N) is 1. The van der Waals surface area contributed by atoms with Gasteiger partial charge in [-0.2, -0.15) is 0 Å². The molecular formula is C25H32F2N4O2. The van der Waals surface area contributed by atoms with Gasteiger partial charge in [-0.05, 0) is 74.5 Å². The van der Waals surface area contributed by atoms with Crippen LogP contribution in [0.3, 0.4) is 0 Å². The number of nitrogens with zero attached hydrogens (tertiary/aromatic N) is 1. The number of fused-ring (bicyclic) bond motifs is 1. The minimum atomic E-state index is -2.86. The molecule has 178 valence electrons. The van der Waals surface area contributed by atoms with E-state index in [0.717, 1.165) is 62.6 Å². The van der Waals surface area contributed by atoms with Gasteiger partial charge in [-0.15, -0.1) is 0 Å². The standard InChI is InChI=1S/C25H32F2N4O2/c1-25(26,27)17-7-9-18(10-8-17)29-21-6-4-5-20-19(21)11-12-22(23(20)28)30-24(32)33-16-15-31-13-2-3-14-31/h7-12,21,29H,2-6,13-16,28H2,1H3,(H,30,32). The van der Waals surface area contributed by atoms with Crippen molar-refractivity contribution in [3.05, 3.63) is 53.1 Å². The highest BCUT2D eigenvalue weighted by atomic mass is 19.3. The molecule has 1 heterocycles. The second-order valence-electron chi connectivity index (χ2n) is 8.96. The number of likely N-dealkylation sites (tertiary alicyclic amines) is 1. The summed E-state index contributed by atoms with van der Waals surface area (Å²) in [7, 11) is 0. The van der Waals surface area contributed by atoms with Crippen molar-refractivity contribution in [1.82, 2.24) is 4.90 Å². The number of rotatable bonds is 7. The zero-order chi connectivity index (χ0) is 23.4. The molecule has 0 spiro atoms. The molecule has 1 unspecified atom stereocenters. The van der Waals surface area contributed by atoms with E-state index < -0.39 is 12.0 Å². The van der Waals surface area contributed by atoms with Crippen LogP contribution in [0.15, 0.2) is 36.4 Å². The number of nitrogens with one attached hydrogen (secondary N) is 2. The van der Waals surface area contributed by atoms with Crippen molar-refractivity contribution in [3.63, 3.8) is 0 Å². The first-order valence-corrected chi connectivity index (χ1v) is 11.6. The number of alkyl halides is 2. The van der Waals surface area contributed by atoms with E-state index in [2.05, 4.69) is 15.5 Å². The van der Waals surface area contributed by atoms with Gasteiger partial charge in [0.25, 0.3) is 5.92 Å². The summed E-state index contributed by atoms with van der Waals surface area (Å²) < 4.78 is 32.3. The van der Waals surface area contributed by atoms with E-state index in [-0.39, 0.29) is 11.6 Å². The van der Waals surface area contributed by atoms with Crippen molar-refractivity contribution < 1.29 is 18.3 Å². The number of carbonyl (C=O) groups is 1. The van der Waals surface area contributed by atoms with Crippen molar-refractivity contribution in [2.75, 3.05) is 42.6 Å². The summed E-state index contributed by atoms with van der Waals surface area (Å²) >= 11 is 0. The minimum absolute atomic E-state index is 0.00984. The molecule has 1 atom stereocenters. The lowest BCUT2D eigenvalue weighted by molar-refractivity contribution is 0.0175. The van der Waals surface area contributed by atoms with Gasteiger partial charge < -0.3 is 15.8 Å². The second-order valence-corrected chi connectivity index (χ2v) is 8.96. The molecule has 0 aromatic heterocycles. The van der Waals surface area contributed by atoms with Crippen LogP contribution in [0.5, 0.6) is 0 Å². The molecule has 1 saturated heterocycles. The quantitative estimate of drug-likeness (QED) is 0.477. The zero-order valence-electron chi connectivity index (χ0n) is 19.0. The fraction of sp³-hybridized carbons (Fsp3) is 0.480. The first-order chi connectivity index (χ1) is 15.8. The van der Waals surface area contributed by atoms with Gasteiger partial charge in [0.15, 0.2) is 0 Å². The molecule has 1 amide bonds. The molecule has 1 fully saturated rings. The fourth-order valence-corrected chi connectivity index (χ4v) is 4.66. The molecular weight excluding hydrogens is 426 g/mol. The third kappa shape index (κ3) is 5.74. The normalized spacial score (nSPS) is 18.6. The molecule has 6 nitrogen and oxygen atoms in total. The Hall–Kier alpha value is -2.87. The molecule has 2 aromatic rings. The number of ether oxygens (including phenoxy) is 1. The van der Waals surface area contributed by atoms with Gasteiger partial charge in [0, 0.05) is 24.7 Å². The number of hydrogen-bond acceptors (Lipinski definition) is 5. The molecule has 0 saturated carbocycles. The second kappa shape index (κ2) is 9.95. The van der Waals surface area contributed by atoms with Crippen LogP contribution in [0.2, 0.25) is 0 Å². The van der Waals surface area contributed by atoms with Crippen molar-refractivity contribution in [2.45, 2.75) is 51.0 Å². The highest BCUT2D eigenvalue weighted by Crippen LogP contribution is 2.39. The number of carbonyl (C=O) groups excluding carboxylic acids is 1. The molecule has 1 aliphatic carbocycles. The maximum absolute atomic E-state index is 13.5. The van der Waals surface area contributed by atoms with E-state index in [0.29, 0.717) is 18.0 Å². The van der Waals surface area contributed by atoms with E-state index in [1.165, 1.54) is 25.0 Å². The summed E-state index contributed by atoms with van der Waals surface area (Å²) in [5.41, 5.74) is 10.4. The lowest BCUT2D eigenvalue weighted by Gasteiger charge is -2.29. The molecule has 2 aliphatic rings. The SMILES string of the molecule is CC(F)(F)c1ccc(NC2CCCc3c2ccc(NC(=O)OCCN2CCCC2)c3N)cc1. The van der Waals surface area contributed by atoms with Crippen molar-refractivity contribution >= 4 is 23.2 Å². The summed E-state index contributed by atoms with van der Waals surface area (Å²) in [5.74, 6) is -2.86. The van der Waals surface area contributed by atoms with Crippen LogP contribution in [-0.2, 0) is 17.1 Å². The molecule has 0 radical (unpaired) electrons. The van der Waals surface area contributed by atoms with Gasteiger partial charge in [-0.1, -0.05) is 18.2 Å². The molecule has 4 rings (SSSR count). The van der Waals surface area contributed by atoms with Crippen LogP contribution in [0, 0.1) is 0 Å². The summed E-state index contributed by atoms with van der Waals surface area (Å²) in [4.78, 5) is 14.5. The number of hydrogen-bond donors (Lipinski definition) is 3. The lowest BCUT2D eigenvalue weighted by atomic mass is 9.86. The van der Waals surface area contributed by atoms with Crippen molar-refractivity contribution in [2.24, 2.45) is 0 Å². The molecule has 2 aromatic carbocycles.